The lowest BCUT2D eigenvalue weighted by molar-refractivity contribution is -0.111. The molecule has 0 spiro atoms. The van der Waals surface area contributed by atoms with E-state index in [0.717, 1.165) is 22.5 Å². The lowest BCUT2D eigenvalue weighted by Crippen LogP contribution is -2.09. The minimum Gasteiger partial charge on any atom is -0.378 e. The third kappa shape index (κ3) is 4.12. The van der Waals surface area contributed by atoms with Crippen molar-refractivity contribution in [2.75, 3.05) is 24.3 Å². The number of nitrogens with one attached hydrogen (secondary N) is 1. The summed E-state index contributed by atoms with van der Waals surface area (Å²) in [6.07, 6.45) is 3.31. The Morgan fingerprint density at radius 2 is 1.82 bits per heavy atom. The van der Waals surface area contributed by atoms with Crippen LogP contribution in [0.4, 0.5) is 11.4 Å². The Bertz CT molecular complexity index is 691. The van der Waals surface area contributed by atoms with Gasteiger partial charge >= 0.3 is 0 Å². The molecule has 0 bridgehead atoms. The number of hydrogen-bond donors (Lipinski definition) is 1. The van der Waals surface area contributed by atoms with Crippen LogP contribution in [0.1, 0.15) is 11.1 Å². The highest BCUT2D eigenvalue weighted by Gasteiger charge is 2.04. The maximum atomic E-state index is 12.0. The van der Waals surface area contributed by atoms with Crippen LogP contribution in [0, 0.1) is 6.92 Å². The van der Waals surface area contributed by atoms with Crippen LogP contribution >= 0.6 is 11.6 Å². The molecule has 0 radical (unpaired) electrons. The zero-order valence-corrected chi connectivity index (χ0v) is 13.7. The summed E-state index contributed by atoms with van der Waals surface area (Å²) >= 11 is 6.04. The number of benzene rings is 2. The molecule has 0 fully saturated rings. The van der Waals surface area contributed by atoms with Crippen molar-refractivity contribution in [1.29, 1.82) is 0 Å². The normalized spacial score (nSPS) is 10.7. The summed E-state index contributed by atoms with van der Waals surface area (Å²) in [6, 6.07) is 13.4. The average Bonchev–Trinajstić information content (AvgIpc) is 2.50. The van der Waals surface area contributed by atoms with Crippen LogP contribution in [0.25, 0.3) is 6.08 Å². The molecule has 2 rings (SSSR count). The molecule has 0 heterocycles. The highest BCUT2D eigenvalue weighted by atomic mass is 35.5. The van der Waals surface area contributed by atoms with Gasteiger partial charge in [-0.3, -0.25) is 4.79 Å². The highest BCUT2D eigenvalue weighted by Crippen LogP contribution is 2.22. The lowest BCUT2D eigenvalue weighted by Gasteiger charge is -2.11. The van der Waals surface area contributed by atoms with Gasteiger partial charge in [0.2, 0.25) is 5.91 Å². The third-order valence-corrected chi connectivity index (χ3v) is 3.77. The standard InChI is InChI=1S/C18H19ClN2O/c1-13-16(19)5-4-6-17(13)20-18(22)12-9-14-7-10-15(11-8-14)21(2)3/h4-12H,1-3H3,(H,20,22)/b12-9+. The van der Waals surface area contributed by atoms with E-state index in [1.54, 1.807) is 12.1 Å². The third-order valence-electron chi connectivity index (χ3n) is 3.36. The van der Waals surface area contributed by atoms with Crippen LogP contribution in [-0.4, -0.2) is 20.0 Å². The Labute approximate surface area is 136 Å². The maximum Gasteiger partial charge on any atom is 0.248 e. The second kappa shape index (κ2) is 7.14. The van der Waals surface area contributed by atoms with Gasteiger partial charge in [-0.1, -0.05) is 29.8 Å². The zero-order chi connectivity index (χ0) is 16.1. The number of anilines is 2. The molecule has 1 N–H and O–H groups in total. The SMILES string of the molecule is Cc1c(Cl)cccc1NC(=O)/C=C/c1ccc(N(C)C)cc1. The van der Waals surface area contributed by atoms with E-state index in [0.29, 0.717) is 5.02 Å². The molecule has 0 aliphatic carbocycles. The fourth-order valence-electron chi connectivity index (χ4n) is 1.97. The van der Waals surface area contributed by atoms with Crippen molar-refractivity contribution in [3.63, 3.8) is 0 Å². The monoisotopic (exact) mass is 314 g/mol. The smallest absolute Gasteiger partial charge is 0.248 e. The summed E-state index contributed by atoms with van der Waals surface area (Å²) in [7, 11) is 3.98. The van der Waals surface area contributed by atoms with Crippen LogP contribution in [0.5, 0.6) is 0 Å². The number of amides is 1. The maximum absolute atomic E-state index is 12.0. The van der Waals surface area contributed by atoms with Gasteiger partial charge < -0.3 is 10.2 Å². The van der Waals surface area contributed by atoms with Gasteiger partial charge in [-0.15, -0.1) is 0 Å². The molecule has 0 atom stereocenters. The van der Waals surface area contributed by atoms with Crippen LogP contribution < -0.4 is 10.2 Å². The van der Waals surface area contributed by atoms with E-state index in [2.05, 4.69) is 5.32 Å². The summed E-state index contributed by atoms with van der Waals surface area (Å²) in [5.41, 5.74) is 3.69. The predicted octanol–water partition coefficient (Wildman–Crippen LogP) is 4.37. The molecule has 0 saturated heterocycles. The minimum atomic E-state index is -0.179. The van der Waals surface area contributed by atoms with Crippen LogP contribution in [0.2, 0.25) is 5.02 Å². The minimum absolute atomic E-state index is 0.179. The van der Waals surface area contributed by atoms with E-state index in [1.807, 2.05) is 62.3 Å². The summed E-state index contributed by atoms with van der Waals surface area (Å²) in [4.78, 5) is 14.0. The van der Waals surface area contributed by atoms with Gasteiger partial charge in [0.25, 0.3) is 0 Å². The molecule has 114 valence electrons. The Hall–Kier alpha value is -2.26. The summed E-state index contributed by atoms with van der Waals surface area (Å²) in [5.74, 6) is -0.179. The first-order chi connectivity index (χ1) is 10.5. The molecule has 0 saturated carbocycles. The van der Waals surface area contributed by atoms with Gasteiger partial charge in [-0.25, -0.2) is 0 Å². The Kier molecular flexibility index (Phi) is 5.23. The van der Waals surface area contributed by atoms with Gasteiger partial charge in [-0.05, 0) is 48.4 Å². The number of carbonyl (C=O) groups is 1. The van der Waals surface area contributed by atoms with Crippen molar-refractivity contribution in [1.82, 2.24) is 0 Å². The van der Waals surface area contributed by atoms with Crippen molar-refractivity contribution in [2.24, 2.45) is 0 Å². The Morgan fingerprint density at radius 1 is 1.14 bits per heavy atom. The second-order valence-corrected chi connectivity index (χ2v) is 5.63. The van der Waals surface area contributed by atoms with Gasteiger partial charge in [-0.2, -0.15) is 0 Å². The number of halogens is 1. The lowest BCUT2D eigenvalue weighted by atomic mass is 10.1. The number of hydrogen-bond acceptors (Lipinski definition) is 2. The molecular weight excluding hydrogens is 296 g/mol. The molecule has 1 amide bonds. The number of carbonyl (C=O) groups excluding carboxylic acids is 1. The molecule has 4 heteroatoms. The first-order valence-electron chi connectivity index (χ1n) is 6.99. The van der Waals surface area contributed by atoms with E-state index in [9.17, 15) is 4.79 Å². The predicted molar refractivity (Wildman–Crippen MR) is 94.6 cm³/mol. The highest BCUT2D eigenvalue weighted by molar-refractivity contribution is 6.31. The molecule has 2 aromatic carbocycles. The van der Waals surface area contributed by atoms with E-state index in [1.165, 1.54) is 6.08 Å². The molecular formula is C18H19ClN2O. The largest absolute Gasteiger partial charge is 0.378 e. The van der Waals surface area contributed by atoms with Gasteiger partial charge in [0.15, 0.2) is 0 Å². The molecule has 0 aliphatic rings. The zero-order valence-electron chi connectivity index (χ0n) is 12.9. The van der Waals surface area contributed by atoms with Crippen molar-refractivity contribution < 1.29 is 4.79 Å². The van der Waals surface area contributed by atoms with Gasteiger partial charge in [0.05, 0.1) is 0 Å². The molecule has 0 aliphatic heterocycles. The Morgan fingerprint density at radius 3 is 2.45 bits per heavy atom. The quantitative estimate of drug-likeness (QED) is 0.850. The van der Waals surface area contributed by atoms with Crippen molar-refractivity contribution in [3.05, 3.63) is 64.7 Å². The molecule has 2 aromatic rings. The number of nitrogens with zero attached hydrogens (tertiary/aromatic N) is 1. The van der Waals surface area contributed by atoms with Crippen molar-refractivity contribution in [3.8, 4) is 0 Å². The van der Waals surface area contributed by atoms with E-state index in [-0.39, 0.29) is 5.91 Å². The Balaban J connectivity index is 2.03. The van der Waals surface area contributed by atoms with E-state index >= 15 is 0 Å². The average molecular weight is 315 g/mol. The number of rotatable bonds is 4. The van der Waals surface area contributed by atoms with Crippen LogP contribution in [0.3, 0.4) is 0 Å². The first-order valence-corrected chi connectivity index (χ1v) is 7.37. The van der Waals surface area contributed by atoms with Crippen LogP contribution in [-0.2, 0) is 4.79 Å². The summed E-state index contributed by atoms with van der Waals surface area (Å²) < 4.78 is 0. The molecule has 0 unspecified atom stereocenters. The van der Waals surface area contributed by atoms with Crippen LogP contribution in [0.15, 0.2) is 48.5 Å². The summed E-state index contributed by atoms with van der Waals surface area (Å²) in [5, 5.41) is 3.47. The van der Waals surface area contributed by atoms with E-state index < -0.39 is 0 Å². The first kappa shape index (κ1) is 16.1. The van der Waals surface area contributed by atoms with Crippen molar-refractivity contribution >= 4 is 35.0 Å². The van der Waals surface area contributed by atoms with Gasteiger partial charge in [0.1, 0.15) is 0 Å². The molecule has 22 heavy (non-hydrogen) atoms. The summed E-state index contributed by atoms with van der Waals surface area (Å²) in [6.45, 7) is 1.88. The fourth-order valence-corrected chi connectivity index (χ4v) is 2.15. The van der Waals surface area contributed by atoms with Crippen molar-refractivity contribution in [2.45, 2.75) is 6.92 Å². The topological polar surface area (TPSA) is 32.3 Å². The fraction of sp³-hybridized carbons (Fsp3) is 0.167. The van der Waals surface area contributed by atoms with E-state index in [4.69, 9.17) is 11.6 Å². The van der Waals surface area contributed by atoms with Gasteiger partial charge in [0, 0.05) is 36.6 Å². The second-order valence-electron chi connectivity index (χ2n) is 5.22. The molecule has 0 aromatic heterocycles. The molecule has 3 nitrogen and oxygen atoms in total.